The zero-order valence-corrected chi connectivity index (χ0v) is 13.8. The second-order valence-electron chi connectivity index (χ2n) is 5.89. The summed E-state index contributed by atoms with van der Waals surface area (Å²) in [5.74, 6) is 2.31. The molecule has 1 aromatic carbocycles. The highest BCUT2D eigenvalue weighted by Crippen LogP contribution is 2.34. The molecule has 0 aliphatic rings. The molecule has 0 saturated carbocycles. The van der Waals surface area contributed by atoms with E-state index in [1.807, 2.05) is 0 Å². The molecule has 3 nitrogen and oxygen atoms in total. The summed E-state index contributed by atoms with van der Waals surface area (Å²) in [6, 6.07) is 6.67. The van der Waals surface area contributed by atoms with Crippen LogP contribution in [0.25, 0.3) is 11.0 Å². The SMILES string of the molecule is CCCNC(c1cc2cc(CC)cc(OC)c2o1)C(C)C. The van der Waals surface area contributed by atoms with Gasteiger partial charge in [0.2, 0.25) is 0 Å². The standard InChI is InChI=1S/C18H27NO2/c1-6-8-19-17(12(3)4)15-11-14-9-13(7-2)10-16(20-5)18(14)21-15/h9-12,17,19H,6-8H2,1-5H3. The van der Waals surface area contributed by atoms with E-state index >= 15 is 0 Å². The van der Waals surface area contributed by atoms with Crippen molar-refractivity contribution in [2.45, 2.75) is 46.6 Å². The molecule has 2 aromatic rings. The maximum atomic E-state index is 6.12. The topological polar surface area (TPSA) is 34.4 Å². The van der Waals surface area contributed by atoms with Crippen LogP contribution in [-0.2, 0) is 6.42 Å². The Morgan fingerprint density at radius 2 is 1.95 bits per heavy atom. The van der Waals surface area contributed by atoms with Gasteiger partial charge in [-0.2, -0.15) is 0 Å². The first-order valence-corrected chi connectivity index (χ1v) is 7.94. The zero-order valence-electron chi connectivity index (χ0n) is 13.8. The van der Waals surface area contributed by atoms with Gasteiger partial charge in [-0.1, -0.05) is 27.7 Å². The molecule has 0 radical (unpaired) electrons. The molecule has 0 bridgehead atoms. The third-order valence-corrected chi connectivity index (χ3v) is 3.88. The van der Waals surface area contributed by atoms with E-state index in [1.165, 1.54) is 5.56 Å². The van der Waals surface area contributed by atoms with Gasteiger partial charge in [0, 0.05) is 5.39 Å². The van der Waals surface area contributed by atoms with Gasteiger partial charge in [0.25, 0.3) is 0 Å². The average Bonchev–Trinajstić information content (AvgIpc) is 2.89. The molecule has 0 amide bonds. The largest absolute Gasteiger partial charge is 0.493 e. The van der Waals surface area contributed by atoms with Gasteiger partial charge in [-0.15, -0.1) is 0 Å². The van der Waals surface area contributed by atoms with Gasteiger partial charge in [0.05, 0.1) is 13.2 Å². The molecule has 0 aliphatic heterocycles. The molecular formula is C18H27NO2. The molecule has 1 unspecified atom stereocenters. The smallest absolute Gasteiger partial charge is 0.176 e. The number of nitrogens with one attached hydrogen (secondary N) is 1. The van der Waals surface area contributed by atoms with Crippen LogP contribution in [0.15, 0.2) is 22.6 Å². The van der Waals surface area contributed by atoms with Crippen LogP contribution in [0.3, 0.4) is 0 Å². The number of hydrogen-bond donors (Lipinski definition) is 1. The predicted molar refractivity (Wildman–Crippen MR) is 88.0 cm³/mol. The molecule has 3 heteroatoms. The van der Waals surface area contributed by atoms with Gasteiger partial charge >= 0.3 is 0 Å². The summed E-state index contributed by atoms with van der Waals surface area (Å²) in [5, 5.41) is 4.71. The van der Waals surface area contributed by atoms with Crippen molar-refractivity contribution in [3.63, 3.8) is 0 Å². The zero-order chi connectivity index (χ0) is 15.4. The van der Waals surface area contributed by atoms with E-state index in [1.54, 1.807) is 7.11 Å². The Hall–Kier alpha value is -1.48. The first-order valence-electron chi connectivity index (χ1n) is 7.94. The highest BCUT2D eigenvalue weighted by Gasteiger charge is 2.20. The normalized spacial score (nSPS) is 13.0. The Labute approximate surface area is 127 Å². The van der Waals surface area contributed by atoms with Crippen molar-refractivity contribution in [3.05, 3.63) is 29.5 Å². The van der Waals surface area contributed by atoms with Crippen LogP contribution in [0.5, 0.6) is 5.75 Å². The van der Waals surface area contributed by atoms with Crippen molar-refractivity contribution in [1.29, 1.82) is 0 Å². The Morgan fingerprint density at radius 1 is 1.19 bits per heavy atom. The molecule has 1 heterocycles. The highest BCUT2D eigenvalue weighted by molar-refractivity contribution is 5.84. The van der Waals surface area contributed by atoms with Crippen LogP contribution < -0.4 is 10.1 Å². The van der Waals surface area contributed by atoms with Gasteiger partial charge in [-0.3, -0.25) is 0 Å². The van der Waals surface area contributed by atoms with Crippen molar-refractivity contribution in [2.24, 2.45) is 5.92 Å². The number of methoxy groups -OCH3 is 1. The molecule has 0 spiro atoms. The summed E-state index contributed by atoms with van der Waals surface area (Å²) in [7, 11) is 1.70. The van der Waals surface area contributed by atoms with E-state index in [2.05, 4.69) is 51.2 Å². The molecule has 0 fully saturated rings. The molecule has 0 aliphatic carbocycles. The summed E-state index contributed by atoms with van der Waals surface area (Å²) in [6.07, 6.45) is 2.11. The van der Waals surface area contributed by atoms with Crippen LogP contribution in [0.2, 0.25) is 0 Å². The van der Waals surface area contributed by atoms with Crippen molar-refractivity contribution in [3.8, 4) is 5.75 Å². The second-order valence-corrected chi connectivity index (χ2v) is 5.89. The fourth-order valence-electron chi connectivity index (χ4n) is 2.67. The maximum Gasteiger partial charge on any atom is 0.176 e. The van der Waals surface area contributed by atoms with E-state index in [4.69, 9.17) is 9.15 Å². The molecule has 0 saturated heterocycles. The number of benzene rings is 1. The van der Waals surface area contributed by atoms with E-state index in [0.29, 0.717) is 5.92 Å². The lowest BCUT2D eigenvalue weighted by atomic mass is 10.0. The molecule has 2 rings (SSSR count). The Kier molecular flexibility index (Phi) is 5.29. The second kappa shape index (κ2) is 6.99. The lowest BCUT2D eigenvalue weighted by Gasteiger charge is -2.19. The fraction of sp³-hybridized carbons (Fsp3) is 0.556. The van der Waals surface area contributed by atoms with Crippen molar-refractivity contribution < 1.29 is 9.15 Å². The summed E-state index contributed by atoms with van der Waals surface area (Å²) in [6.45, 7) is 9.77. The van der Waals surface area contributed by atoms with Crippen LogP contribution in [-0.4, -0.2) is 13.7 Å². The predicted octanol–water partition coefficient (Wildman–Crippen LogP) is 4.70. The molecular weight excluding hydrogens is 262 g/mol. The van der Waals surface area contributed by atoms with E-state index in [9.17, 15) is 0 Å². The van der Waals surface area contributed by atoms with Gasteiger partial charge in [-0.05, 0) is 49.1 Å². The number of ether oxygens (including phenoxy) is 1. The first-order chi connectivity index (χ1) is 10.1. The van der Waals surface area contributed by atoms with Gasteiger partial charge in [0.15, 0.2) is 11.3 Å². The third kappa shape index (κ3) is 3.41. The maximum absolute atomic E-state index is 6.12. The van der Waals surface area contributed by atoms with Crippen molar-refractivity contribution in [1.82, 2.24) is 5.32 Å². The molecule has 1 N–H and O–H groups in total. The van der Waals surface area contributed by atoms with Crippen LogP contribution in [0.4, 0.5) is 0 Å². The minimum atomic E-state index is 0.243. The lowest BCUT2D eigenvalue weighted by Crippen LogP contribution is -2.25. The molecule has 1 atom stereocenters. The number of furan rings is 1. The van der Waals surface area contributed by atoms with Crippen LogP contribution in [0, 0.1) is 5.92 Å². The van der Waals surface area contributed by atoms with Crippen LogP contribution >= 0.6 is 0 Å². The summed E-state index contributed by atoms with van der Waals surface area (Å²) in [5.41, 5.74) is 2.13. The van der Waals surface area contributed by atoms with Gasteiger partial charge < -0.3 is 14.5 Å². The Balaban J connectivity index is 2.44. The monoisotopic (exact) mass is 289 g/mol. The number of aryl methyl sites for hydroxylation is 1. The minimum Gasteiger partial charge on any atom is -0.493 e. The molecule has 21 heavy (non-hydrogen) atoms. The third-order valence-electron chi connectivity index (χ3n) is 3.88. The number of hydrogen-bond acceptors (Lipinski definition) is 3. The number of rotatable bonds is 7. The quantitative estimate of drug-likeness (QED) is 0.802. The fourth-order valence-corrected chi connectivity index (χ4v) is 2.67. The summed E-state index contributed by atoms with van der Waals surface area (Å²) in [4.78, 5) is 0. The Morgan fingerprint density at radius 3 is 2.52 bits per heavy atom. The van der Waals surface area contributed by atoms with E-state index < -0.39 is 0 Å². The average molecular weight is 289 g/mol. The van der Waals surface area contributed by atoms with Crippen molar-refractivity contribution in [2.75, 3.05) is 13.7 Å². The Bertz CT molecular complexity index is 586. The molecule has 116 valence electrons. The minimum absolute atomic E-state index is 0.243. The highest BCUT2D eigenvalue weighted by atomic mass is 16.5. The van der Waals surface area contributed by atoms with Crippen LogP contribution in [0.1, 0.15) is 51.5 Å². The lowest BCUT2D eigenvalue weighted by molar-refractivity contribution is 0.346. The van der Waals surface area contributed by atoms with Gasteiger partial charge in [0.1, 0.15) is 5.76 Å². The molecule has 1 aromatic heterocycles. The van der Waals surface area contributed by atoms with Gasteiger partial charge in [-0.25, -0.2) is 0 Å². The van der Waals surface area contributed by atoms with Crippen molar-refractivity contribution >= 4 is 11.0 Å². The number of fused-ring (bicyclic) bond motifs is 1. The van der Waals surface area contributed by atoms with E-state index in [-0.39, 0.29) is 6.04 Å². The summed E-state index contributed by atoms with van der Waals surface area (Å²) >= 11 is 0. The summed E-state index contributed by atoms with van der Waals surface area (Å²) < 4.78 is 11.6. The van der Waals surface area contributed by atoms with E-state index in [0.717, 1.165) is 41.9 Å². The first kappa shape index (κ1) is 15.9.